The Hall–Kier alpha value is 0.820. The smallest absolute Gasteiger partial charge is 0.0417 e. The minimum absolute atomic E-state index is 0.191. The van der Waals surface area contributed by atoms with Crippen molar-refractivity contribution in [3.05, 3.63) is 0 Å². The zero-order chi connectivity index (χ0) is 13.2. The summed E-state index contributed by atoms with van der Waals surface area (Å²) in [6.45, 7) is 7.48. The van der Waals surface area contributed by atoms with E-state index < -0.39 is 0 Å². The monoisotopic (exact) mass is 287 g/mol. The Bertz CT molecular complexity index is 266. The van der Waals surface area contributed by atoms with Gasteiger partial charge in [-0.15, -0.1) is 0 Å². The van der Waals surface area contributed by atoms with E-state index in [0.29, 0.717) is 10.4 Å². The van der Waals surface area contributed by atoms with Gasteiger partial charge in [0.25, 0.3) is 0 Å². The van der Waals surface area contributed by atoms with Crippen LogP contribution in [-0.2, 0) is 0 Å². The standard InChI is InChI=1S/C15H31NP2/c1-14(2,3)18-12-8-5-9-13(18)15(16-4)10-6-7-11-17-15/h13,16-17H,5-12H2,1-4H3/t13-,15-,18+/m1/s1. The summed E-state index contributed by atoms with van der Waals surface area (Å²) in [5.41, 5.74) is 0.991. The molecule has 2 aliphatic heterocycles. The highest BCUT2D eigenvalue weighted by Gasteiger charge is 2.46. The SMILES string of the molecule is CN[C@]1([C@H]2CCCC[P@]2C(C)(C)C)CCCCP1. The maximum Gasteiger partial charge on any atom is 0.0417 e. The lowest BCUT2D eigenvalue weighted by atomic mass is 10.0. The molecular weight excluding hydrogens is 256 g/mol. The maximum atomic E-state index is 3.82. The largest absolute Gasteiger partial charge is 0.310 e. The van der Waals surface area contributed by atoms with E-state index in [9.17, 15) is 0 Å². The van der Waals surface area contributed by atoms with E-state index in [4.69, 9.17) is 0 Å². The Morgan fingerprint density at radius 1 is 1.17 bits per heavy atom. The van der Waals surface area contributed by atoms with Crippen LogP contribution < -0.4 is 5.32 Å². The molecule has 2 rings (SSSR count). The van der Waals surface area contributed by atoms with Crippen molar-refractivity contribution in [2.45, 2.75) is 75.4 Å². The van der Waals surface area contributed by atoms with Gasteiger partial charge < -0.3 is 5.32 Å². The van der Waals surface area contributed by atoms with Crippen LogP contribution in [0.2, 0.25) is 0 Å². The van der Waals surface area contributed by atoms with Crippen LogP contribution in [0, 0.1) is 0 Å². The molecule has 0 aliphatic carbocycles. The second-order valence-corrected chi connectivity index (χ2v) is 12.1. The summed E-state index contributed by atoms with van der Waals surface area (Å²) in [5, 5.41) is 4.89. The van der Waals surface area contributed by atoms with Crippen LogP contribution >= 0.6 is 16.5 Å². The van der Waals surface area contributed by atoms with Crippen LogP contribution in [0.25, 0.3) is 0 Å². The molecule has 2 heterocycles. The zero-order valence-electron chi connectivity index (χ0n) is 12.7. The van der Waals surface area contributed by atoms with Crippen molar-refractivity contribution >= 4 is 16.5 Å². The Morgan fingerprint density at radius 3 is 2.50 bits per heavy atom. The van der Waals surface area contributed by atoms with Crippen molar-refractivity contribution in [3.63, 3.8) is 0 Å². The third-order valence-corrected chi connectivity index (χ3v) is 11.1. The lowest BCUT2D eigenvalue weighted by Gasteiger charge is -2.52. The summed E-state index contributed by atoms with van der Waals surface area (Å²) in [6.07, 6.45) is 11.8. The third kappa shape index (κ3) is 3.11. The van der Waals surface area contributed by atoms with Gasteiger partial charge in [0.15, 0.2) is 0 Å². The summed E-state index contributed by atoms with van der Waals surface area (Å²) in [7, 11) is 3.59. The molecule has 0 radical (unpaired) electrons. The van der Waals surface area contributed by atoms with E-state index in [1.807, 2.05) is 0 Å². The van der Waals surface area contributed by atoms with Crippen LogP contribution in [0.3, 0.4) is 0 Å². The van der Waals surface area contributed by atoms with Crippen LogP contribution in [0.1, 0.15) is 59.3 Å². The van der Waals surface area contributed by atoms with Crippen molar-refractivity contribution in [1.29, 1.82) is 0 Å². The fourth-order valence-electron chi connectivity index (χ4n) is 3.84. The van der Waals surface area contributed by atoms with E-state index in [1.54, 1.807) is 0 Å². The second kappa shape index (κ2) is 6.07. The normalized spacial score (nSPS) is 40.0. The molecule has 2 fully saturated rings. The van der Waals surface area contributed by atoms with Gasteiger partial charge in [0.05, 0.1) is 0 Å². The minimum Gasteiger partial charge on any atom is -0.310 e. The van der Waals surface area contributed by atoms with E-state index in [0.717, 1.165) is 14.2 Å². The predicted molar refractivity (Wildman–Crippen MR) is 88.0 cm³/mol. The van der Waals surface area contributed by atoms with Gasteiger partial charge in [-0.25, -0.2) is 0 Å². The first kappa shape index (κ1) is 15.2. The van der Waals surface area contributed by atoms with E-state index in [-0.39, 0.29) is 7.92 Å². The van der Waals surface area contributed by atoms with Gasteiger partial charge in [0.1, 0.15) is 0 Å². The summed E-state index contributed by atoms with van der Waals surface area (Å²) in [5.74, 6) is 0. The van der Waals surface area contributed by atoms with Crippen molar-refractivity contribution in [2.75, 3.05) is 19.4 Å². The molecule has 18 heavy (non-hydrogen) atoms. The minimum atomic E-state index is 0.191. The number of hydrogen-bond donors (Lipinski definition) is 1. The van der Waals surface area contributed by atoms with Gasteiger partial charge in [-0.3, -0.25) is 0 Å². The highest BCUT2D eigenvalue weighted by molar-refractivity contribution is 7.61. The van der Waals surface area contributed by atoms with E-state index in [2.05, 4.69) is 33.1 Å². The average molecular weight is 287 g/mol. The van der Waals surface area contributed by atoms with Crippen LogP contribution in [-0.4, -0.2) is 35.5 Å². The average Bonchev–Trinajstić information content (AvgIpc) is 2.38. The van der Waals surface area contributed by atoms with Crippen molar-refractivity contribution < 1.29 is 0 Å². The first-order valence-electron chi connectivity index (χ1n) is 7.70. The molecular formula is C15H31NP2. The highest BCUT2D eigenvalue weighted by Crippen LogP contribution is 2.64. The fraction of sp³-hybridized carbons (Fsp3) is 1.00. The molecule has 106 valence electrons. The molecule has 4 atom stereocenters. The summed E-state index contributed by atoms with van der Waals surface area (Å²) >= 11 is 0. The summed E-state index contributed by atoms with van der Waals surface area (Å²) in [6, 6.07) is 0. The van der Waals surface area contributed by atoms with E-state index >= 15 is 0 Å². The molecule has 3 heteroatoms. The molecule has 1 nitrogen and oxygen atoms in total. The molecule has 0 aromatic rings. The van der Waals surface area contributed by atoms with Gasteiger partial charge in [0.2, 0.25) is 0 Å². The molecule has 0 amide bonds. The van der Waals surface area contributed by atoms with Gasteiger partial charge in [-0.2, -0.15) is 0 Å². The highest BCUT2D eigenvalue weighted by atomic mass is 31.1. The fourth-order valence-corrected chi connectivity index (χ4v) is 10.1. The molecule has 1 unspecified atom stereocenters. The molecule has 2 aliphatic rings. The zero-order valence-corrected chi connectivity index (χ0v) is 14.6. The molecule has 0 aromatic heterocycles. The molecule has 2 saturated heterocycles. The van der Waals surface area contributed by atoms with Gasteiger partial charge in [-0.1, -0.05) is 50.1 Å². The molecule has 1 N–H and O–H groups in total. The van der Waals surface area contributed by atoms with Crippen molar-refractivity contribution in [1.82, 2.24) is 5.32 Å². The number of hydrogen-bond acceptors (Lipinski definition) is 1. The summed E-state index contributed by atoms with van der Waals surface area (Å²) in [4.78, 5) is 0. The Morgan fingerprint density at radius 2 is 1.94 bits per heavy atom. The van der Waals surface area contributed by atoms with Crippen LogP contribution in [0.15, 0.2) is 0 Å². The van der Waals surface area contributed by atoms with Crippen molar-refractivity contribution in [2.24, 2.45) is 0 Å². The van der Waals surface area contributed by atoms with Crippen molar-refractivity contribution in [3.8, 4) is 0 Å². The van der Waals surface area contributed by atoms with Gasteiger partial charge in [-0.05, 0) is 50.2 Å². The molecule has 0 aromatic carbocycles. The van der Waals surface area contributed by atoms with Crippen LogP contribution in [0.4, 0.5) is 0 Å². The first-order valence-corrected chi connectivity index (χ1v) is 10.5. The van der Waals surface area contributed by atoms with E-state index in [1.165, 1.54) is 50.8 Å². The maximum absolute atomic E-state index is 3.82. The van der Waals surface area contributed by atoms with Crippen LogP contribution in [0.5, 0.6) is 0 Å². The van der Waals surface area contributed by atoms with Gasteiger partial charge in [0, 0.05) is 10.9 Å². The predicted octanol–water partition coefficient (Wildman–Crippen LogP) is 4.60. The molecule has 0 spiro atoms. The first-order chi connectivity index (χ1) is 8.49. The molecule has 0 bridgehead atoms. The lowest BCUT2D eigenvalue weighted by Crippen LogP contribution is -2.52. The third-order valence-electron chi connectivity index (χ3n) is 4.82. The Balaban J connectivity index is 2.20. The molecule has 0 saturated carbocycles. The quantitative estimate of drug-likeness (QED) is 0.732. The Kier molecular flexibility index (Phi) is 5.13. The number of nitrogens with one attached hydrogen (secondary N) is 1. The lowest BCUT2D eigenvalue weighted by molar-refractivity contribution is 0.390. The Labute approximate surface area is 117 Å². The number of rotatable bonds is 2. The topological polar surface area (TPSA) is 12.0 Å². The summed E-state index contributed by atoms with van der Waals surface area (Å²) < 4.78 is 0. The second-order valence-electron chi connectivity index (χ2n) is 6.98. The van der Waals surface area contributed by atoms with Gasteiger partial charge >= 0.3 is 0 Å².